The van der Waals surface area contributed by atoms with E-state index >= 15 is 0 Å². The third-order valence-electron chi connectivity index (χ3n) is 3.86. The van der Waals surface area contributed by atoms with E-state index in [0.717, 1.165) is 35.7 Å². The molecule has 0 bridgehead atoms. The van der Waals surface area contributed by atoms with Gasteiger partial charge >= 0.3 is 0 Å². The van der Waals surface area contributed by atoms with Gasteiger partial charge in [0.2, 0.25) is 11.8 Å². The van der Waals surface area contributed by atoms with Gasteiger partial charge in [-0.2, -0.15) is 4.98 Å². The third-order valence-corrected chi connectivity index (χ3v) is 3.86. The van der Waals surface area contributed by atoms with Crippen LogP contribution in [0, 0.1) is 13.8 Å². The highest BCUT2D eigenvalue weighted by Gasteiger charge is 2.29. The van der Waals surface area contributed by atoms with Crippen molar-refractivity contribution in [1.82, 2.24) is 20.6 Å². The van der Waals surface area contributed by atoms with Gasteiger partial charge in [0.15, 0.2) is 5.82 Å². The second-order valence-electron chi connectivity index (χ2n) is 5.73. The fourth-order valence-electron chi connectivity index (χ4n) is 2.36. The molecule has 1 N–H and O–H groups in total. The van der Waals surface area contributed by atoms with Crippen LogP contribution in [0.3, 0.4) is 0 Å². The van der Waals surface area contributed by atoms with Crippen LogP contribution in [0.4, 0.5) is 0 Å². The summed E-state index contributed by atoms with van der Waals surface area (Å²) >= 11 is 0. The molecule has 0 aliphatic heterocycles. The smallest absolute Gasteiger partial charge is 0.229 e. The molecule has 0 saturated heterocycles. The number of aryl methyl sites for hydroxylation is 2. The molecule has 1 aliphatic carbocycles. The topological polar surface area (TPSA) is 94.1 Å². The average molecular weight is 304 g/mol. The highest BCUT2D eigenvalue weighted by Crippen LogP contribution is 2.38. The largest absolute Gasteiger partial charge is 0.361 e. The molecule has 7 heteroatoms. The Balaban J connectivity index is 1.38. The van der Waals surface area contributed by atoms with E-state index < -0.39 is 0 Å². The van der Waals surface area contributed by atoms with Crippen molar-refractivity contribution in [3.63, 3.8) is 0 Å². The predicted octanol–water partition coefficient (Wildman–Crippen LogP) is 1.84. The van der Waals surface area contributed by atoms with Crippen molar-refractivity contribution in [2.45, 2.75) is 51.9 Å². The molecule has 2 heterocycles. The van der Waals surface area contributed by atoms with Crippen LogP contribution in [-0.4, -0.2) is 27.7 Å². The Morgan fingerprint density at radius 2 is 2.05 bits per heavy atom. The SMILES string of the molecule is Cc1noc(C)c1CCC(=O)NCCc1noc(C2CC2)n1. The van der Waals surface area contributed by atoms with E-state index in [0.29, 0.717) is 37.5 Å². The van der Waals surface area contributed by atoms with E-state index in [1.165, 1.54) is 0 Å². The summed E-state index contributed by atoms with van der Waals surface area (Å²) in [6.07, 6.45) is 3.93. The maximum absolute atomic E-state index is 11.8. The number of nitrogens with zero attached hydrogens (tertiary/aromatic N) is 3. The average Bonchev–Trinajstić information content (AvgIpc) is 3.16. The van der Waals surface area contributed by atoms with Gasteiger partial charge in [-0.15, -0.1) is 0 Å². The van der Waals surface area contributed by atoms with Gasteiger partial charge in [0.25, 0.3) is 0 Å². The first kappa shape index (κ1) is 14.7. The van der Waals surface area contributed by atoms with Crippen LogP contribution in [0.5, 0.6) is 0 Å². The third kappa shape index (κ3) is 3.52. The molecule has 0 aromatic carbocycles. The van der Waals surface area contributed by atoms with E-state index in [-0.39, 0.29) is 5.91 Å². The summed E-state index contributed by atoms with van der Waals surface area (Å²) < 4.78 is 10.3. The molecule has 1 aliphatic rings. The molecule has 1 fully saturated rings. The molecule has 2 aromatic rings. The first-order chi connectivity index (χ1) is 10.6. The highest BCUT2D eigenvalue weighted by atomic mass is 16.5. The number of hydrogen-bond acceptors (Lipinski definition) is 6. The molecule has 2 aromatic heterocycles. The molecule has 118 valence electrons. The van der Waals surface area contributed by atoms with Crippen LogP contribution in [0.2, 0.25) is 0 Å². The van der Waals surface area contributed by atoms with Gasteiger partial charge in [0, 0.05) is 30.9 Å². The summed E-state index contributed by atoms with van der Waals surface area (Å²) in [5, 5.41) is 10.7. The Morgan fingerprint density at radius 3 is 2.73 bits per heavy atom. The number of carbonyl (C=O) groups excluding carboxylic acids is 1. The van der Waals surface area contributed by atoms with Crippen molar-refractivity contribution in [2.75, 3.05) is 6.54 Å². The standard InChI is InChI=1S/C15H20N4O3/c1-9-12(10(2)21-18-9)5-6-14(20)16-8-7-13-17-15(22-19-13)11-3-4-11/h11H,3-8H2,1-2H3,(H,16,20). The van der Waals surface area contributed by atoms with Gasteiger partial charge in [-0.25, -0.2) is 0 Å². The van der Waals surface area contributed by atoms with Crippen molar-refractivity contribution in [2.24, 2.45) is 0 Å². The molecule has 0 unspecified atom stereocenters. The van der Waals surface area contributed by atoms with Gasteiger partial charge in [-0.1, -0.05) is 10.3 Å². The first-order valence-corrected chi connectivity index (χ1v) is 7.64. The van der Waals surface area contributed by atoms with Crippen molar-refractivity contribution in [1.29, 1.82) is 0 Å². The number of hydrogen-bond donors (Lipinski definition) is 1. The first-order valence-electron chi connectivity index (χ1n) is 7.64. The van der Waals surface area contributed by atoms with Crippen molar-refractivity contribution in [3.8, 4) is 0 Å². The maximum Gasteiger partial charge on any atom is 0.229 e. The predicted molar refractivity (Wildman–Crippen MR) is 77.3 cm³/mol. The molecule has 7 nitrogen and oxygen atoms in total. The van der Waals surface area contributed by atoms with E-state index in [4.69, 9.17) is 9.05 Å². The molecule has 0 spiro atoms. The number of carbonyl (C=O) groups is 1. The summed E-state index contributed by atoms with van der Waals surface area (Å²) in [6, 6.07) is 0. The summed E-state index contributed by atoms with van der Waals surface area (Å²) in [4.78, 5) is 16.2. The van der Waals surface area contributed by atoms with Crippen LogP contribution < -0.4 is 5.32 Å². The van der Waals surface area contributed by atoms with E-state index in [1.54, 1.807) is 0 Å². The monoisotopic (exact) mass is 304 g/mol. The van der Waals surface area contributed by atoms with Crippen LogP contribution in [-0.2, 0) is 17.6 Å². The van der Waals surface area contributed by atoms with Crippen LogP contribution in [0.1, 0.15) is 53.9 Å². The molecule has 3 rings (SSSR count). The zero-order valence-corrected chi connectivity index (χ0v) is 12.9. The Kier molecular flexibility index (Phi) is 4.22. The zero-order valence-electron chi connectivity index (χ0n) is 12.9. The Labute approximate surface area is 128 Å². The molecule has 0 atom stereocenters. The molecule has 22 heavy (non-hydrogen) atoms. The second kappa shape index (κ2) is 6.29. The van der Waals surface area contributed by atoms with E-state index in [2.05, 4.69) is 20.6 Å². The van der Waals surface area contributed by atoms with Gasteiger partial charge in [0.05, 0.1) is 5.69 Å². The van der Waals surface area contributed by atoms with Crippen LogP contribution in [0.15, 0.2) is 9.05 Å². The van der Waals surface area contributed by atoms with Gasteiger partial charge < -0.3 is 14.4 Å². The number of rotatable bonds is 7. The molecule has 1 amide bonds. The minimum atomic E-state index is 0.00547. The normalized spacial score (nSPS) is 14.3. The van der Waals surface area contributed by atoms with Crippen molar-refractivity contribution >= 4 is 5.91 Å². The Bertz CT molecular complexity index is 638. The summed E-state index contributed by atoms with van der Waals surface area (Å²) in [6.45, 7) is 4.27. The second-order valence-corrected chi connectivity index (χ2v) is 5.73. The quantitative estimate of drug-likeness (QED) is 0.839. The lowest BCUT2D eigenvalue weighted by atomic mass is 10.1. The van der Waals surface area contributed by atoms with Gasteiger partial charge in [0.1, 0.15) is 5.76 Å². The summed E-state index contributed by atoms with van der Waals surface area (Å²) in [5.74, 6) is 2.65. The van der Waals surface area contributed by atoms with E-state index in [9.17, 15) is 4.79 Å². The van der Waals surface area contributed by atoms with E-state index in [1.807, 2.05) is 13.8 Å². The van der Waals surface area contributed by atoms with Crippen LogP contribution >= 0.6 is 0 Å². The lowest BCUT2D eigenvalue weighted by Gasteiger charge is -2.03. The van der Waals surface area contributed by atoms with Gasteiger partial charge in [-0.3, -0.25) is 4.79 Å². The molecule has 1 saturated carbocycles. The Morgan fingerprint density at radius 1 is 1.23 bits per heavy atom. The maximum atomic E-state index is 11.8. The number of nitrogens with one attached hydrogen (secondary N) is 1. The van der Waals surface area contributed by atoms with Crippen molar-refractivity contribution < 1.29 is 13.8 Å². The van der Waals surface area contributed by atoms with Gasteiger partial charge in [-0.05, 0) is 33.1 Å². The lowest BCUT2D eigenvalue weighted by Crippen LogP contribution is -2.26. The minimum Gasteiger partial charge on any atom is -0.361 e. The van der Waals surface area contributed by atoms with Crippen LogP contribution in [0.25, 0.3) is 0 Å². The number of aromatic nitrogens is 3. The minimum absolute atomic E-state index is 0.00547. The Hall–Kier alpha value is -2.18. The lowest BCUT2D eigenvalue weighted by molar-refractivity contribution is -0.121. The summed E-state index contributed by atoms with van der Waals surface area (Å²) in [7, 11) is 0. The fourth-order valence-corrected chi connectivity index (χ4v) is 2.36. The number of amides is 1. The van der Waals surface area contributed by atoms with Crippen molar-refractivity contribution in [3.05, 3.63) is 28.7 Å². The fraction of sp³-hybridized carbons (Fsp3) is 0.600. The summed E-state index contributed by atoms with van der Waals surface area (Å²) in [5.41, 5.74) is 1.87. The molecular formula is C15H20N4O3. The molecular weight excluding hydrogens is 284 g/mol. The highest BCUT2D eigenvalue weighted by molar-refractivity contribution is 5.76. The molecule has 0 radical (unpaired) electrons. The zero-order chi connectivity index (χ0) is 15.5.